The van der Waals surface area contributed by atoms with Gasteiger partial charge in [-0.3, -0.25) is 0 Å². The summed E-state index contributed by atoms with van der Waals surface area (Å²) in [7, 11) is 1.38. The molecule has 0 saturated carbocycles. The molecule has 0 fully saturated rings. The molecule has 0 radical (unpaired) electrons. The van der Waals surface area contributed by atoms with E-state index in [4.69, 9.17) is 10.8 Å². The molecule has 0 atom stereocenters. The van der Waals surface area contributed by atoms with Gasteiger partial charge in [0, 0.05) is 6.61 Å². The Morgan fingerprint density at radius 3 is 2.25 bits per heavy atom. The smallest absolute Gasteiger partial charge is 0.337 e. The second-order valence-electron chi connectivity index (χ2n) is 3.22. The van der Waals surface area contributed by atoms with E-state index >= 15 is 0 Å². The molecule has 0 aliphatic rings. The van der Waals surface area contributed by atoms with E-state index in [-0.39, 0.29) is 12.6 Å². The summed E-state index contributed by atoms with van der Waals surface area (Å²) in [5.74, 6) is -0.287. The summed E-state index contributed by atoms with van der Waals surface area (Å²) >= 11 is 0. The number of hydrogen-bond donors (Lipinski definition) is 2. The van der Waals surface area contributed by atoms with Gasteiger partial charge in [-0.05, 0) is 32.0 Å². The summed E-state index contributed by atoms with van der Waals surface area (Å²) in [5, 5.41) is 7.99. The molecule has 0 aromatic heterocycles. The van der Waals surface area contributed by atoms with Crippen LogP contribution in [0.15, 0.2) is 24.3 Å². The van der Waals surface area contributed by atoms with Gasteiger partial charge in [-0.25, -0.2) is 4.79 Å². The lowest BCUT2D eigenvalue weighted by molar-refractivity contribution is 0.0600. The van der Waals surface area contributed by atoms with E-state index in [2.05, 4.69) is 4.74 Å². The number of benzene rings is 1. The molecule has 3 N–H and O–H groups in total. The van der Waals surface area contributed by atoms with Crippen LogP contribution in [0, 0.1) is 6.92 Å². The first-order valence-electron chi connectivity index (χ1n) is 5.11. The number of carbonyl (C=O) groups excluding carboxylic acids is 1. The van der Waals surface area contributed by atoms with Crippen LogP contribution in [0.4, 0.5) is 0 Å². The van der Waals surface area contributed by atoms with Crippen LogP contribution in [-0.2, 0) is 4.74 Å². The minimum atomic E-state index is -0.287. The molecule has 4 heteroatoms. The molecule has 0 amide bonds. The third kappa shape index (κ3) is 6.16. The van der Waals surface area contributed by atoms with Gasteiger partial charge in [0.15, 0.2) is 0 Å². The first-order chi connectivity index (χ1) is 7.65. The highest BCUT2D eigenvalue weighted by Crippen LogP contribution is 2.03. The molecule has 0 unspecified atom stereocenters. The second-order valence-corrected chi connectivity index (χ2v) is 3.22. The largest absolute Gasteiger partial charge is 0.465 e. The van der Waals surface area contributed by atoms with E-state index in [0.29, 0.717) is 12.1 Å². The van der Waals surface area contributed by atoms with Crippen molar-refractivity contribution in [3.63, 3.8) is 0 Å². The third-order valence-electron chi connectivity index (χ3n) is 1.83. The third-order valence-corrected chi connectivity index (χ3v) is 1.83. The van der Waals surface area contributed by atoms with E-state index < -0.39 is 0 Å². The molecule has 0 bridgehead atoms. The van der Waals surface area contributed by atoms with Crippen LogP contribution < -0.4 is 5.73 Å². The average molecular weight is 225 g/mol. The molecule has 1 aromatic carbocycles. The molecule has 1 rings (SSSR count). The van der Waals surface area contributed by atoms with Crippen LogP contribution >= 0.6 is 0 Å². The Hall–Kier alpha value is -1.39. The van der Waals surface area contributed by atoms with Gasteiger partial charge in [0.2, 0.25) is 0 Å². The predicted octanol–water partition coefficient (Wildman–Crippen LogP) is 1.11. The molecule has 0 aliphatic heterocycles. The monoisotopic (exact) mass is 225 g/mol. The van der Waals surface area contributed by atoms with Crippen molar-refractivity contribution in [3.8, 4) is 0 Å². The predicted molar refractivity (Wildman–Crippen MR) is 63.3 cm³/mol. The van der Waals surface area contributed by atoms with Crippen molar-refractivity contribution in [1.82, 2.24) is 0 Å². The van der Waals surface area contributed by atoms with Crippen LogP contribution in [0.5, 0.6) is 0 Å². The van der Waals surface area contributed by atoms with E-state index in [1.807, 2.05) is 19.1 Å². The van der Waals surface area contributed by atoms with Crippen molar-refractivity contribution in [3.05, 3.63) is 35.4 Å². The Balaban J connectivity index is 0.000000385. The molecule has 4 nitrogen and oxygen atoms in total. The molecule has 16 heavy (non-hydrogen) atoms. The van der Waals surface area contributed by atoms with Crippen LogP contribution in [0.1, 0.15) is 22.3 Å². The highest BCUT2D eigenvalue weighted by atomic mass is 16.5. The quantitative estimate of drug-likeness (QED) is 0.756. The molecule has 1 aromatic rings. The number of methoxy groups -OCH3 is 1. The number of aryl methyl sites for hydroxylation is 1. The fraction of sp³-hybridized carbons (Fsp3) is 0.417. The van der Waals surface area contributed by atoms with Crippen molar-refractivity contribution in [2.45, 2.75) is 13.3 Å². The van der Waals surface area contributed by atoms with Crippen molar-refractivity contribution in [1.29, 1.82) is 0 Å². The van der Waals surface area contributed by atoms with Crippen LogP contribution in [0.2, 0.25) is 0 Å². The standard InChI is InChI=1S/C9H10O2.C3H9NO/c1-7-3-5-8(6-4-7)9(10)11-2;4-2-1-3-5/h3-6H,1-2H3;5H,1-4H2. The zero-order valence-electron chi connectivity index (χ0n) is 9.77. The summed E-state index contributed by atoms with van der Waals surface area (Å²) in [6.07, 6.45) is 0.722. The van der Waals surface area contributed by atoms with E-state index in [0.717, 1.165) is 12.0 Å². The summed E-state index contributed by atoms with van der Waals surface area (Å²) in [6, 6.07) is 7.26. The normalized spacial score (nSPS) is 9.00. The molecular weight excluding hydrogens is 206 g/mol. The number of hydrogen-bond acceptors (Lipinski definition) is 4. The van der Waals surface area contributed by atoms with Gasteiger partial charge in [-0.2, -0.15) is 0 Å². The number of nitrogens with two attached hydrogens (primary N) is 1. The molecule has 0 spiro atoms. The maximum absolute atomic E-state index is 10.9. The van der Waals surface area contributed by atoms with Gasteiger partial charge in [-0.1, -0.05) is 17.7 Å². The number of aliphatic hydroxyl groups is 1. The minimum Gasteiger partial charge on any atom is -0.465 e. The van der Waals surface area contributed by atoms with Crippen molar-refractivity contribution in [2.24, 2.45) is 5.73 Å². The van der Waals surface area contributed by atoms with Gasteiger partial charge in [0.25, 0.3) is 0 Å². The summed E-state index contributed by atoms with van der Waals surface area (Å²) in [5.41, 5.74) is 6.71. The van der Waals surface area contributed by atoms with E-state index in [1.54, 1.807) is 12.1 Å². The minimum absolute atomic E-state index is 0.219. The number of aliphatic hydroxyl groups excluding tert-OH is 1. The summed E-state index contributed by atoms with van der Waals surface area (Å²) in [4.78, 5) is 10.9. The number of ether oxygens (including phenoxy) is 1. The van der Waals surface area contributed by atoms with Crippen LogP contribution in [0.25, 0.3) is 0 Å². The maximum atomic E-state index is 10.9. The fourth-order valence-corrected chi connectivity index (χ4v) is 0.899. The average Bonchev–Trinajstić information content (AvgIpc) is 2.31. The second kappa shape index (κ2) is 8.88. The molecule has 0 heterocycles. The highest BCUT2D eigenvalue weighted by molar-refractivity contribution is 5.89. The Bertz CT molecular complexity index is 294. The fourth-order valence-electron chi connectivity index (χ4n) is 0.899. The van der Waals surface area contributed by atoms with Crippen LogP contribution in [0.3, 0.4) is 0 Å². The van der Waals surface area contributed by atoms with Gasteiger partial charge < -0.3 is 15.6 Å². The SMILES string of the molecule is COC(=O)c1ccc(C)cc1.NCCCO. The van der Waals surface area contributed by atoms with Gasteiger partial charge >= 0.3 is 5.97 Å². The first kappa shape index (κ1) is 14.6. The van der Waals surface area contributed by atoms with Crippen molar-refractivity contribution >= 4 is 5.97 Å². The van der Waals surface area contributed by atoms with Gasteiger partial charge in [0.1, 0.15) is 0 Å². The van der Waals surface area contributed by atoms with Gasteiger partial charge in [-0.15, -0.1) is 0 Å². The first-order valence-corrected chi connectivity index (χ1v) is 5.11. The Morgan fingerprint density at radius 1 is 1.38 bits per heavy atom. The topological polar surface area (TPSA) is 72.5 Å². The van der Waals surface area contributed by atoms with Crippen molar-refractivity contribution in [2.75, 3.05) is 20.3 Å². The highest BCUT2D eigenvalue weighted by Gasteiger charge is 2.01. The van der Waals surface area contributed by atoms with E-state index in [9.17, 15) is 4.79 Å². The van der Waals surface area contributed by atoms with Crippen molar-refractivity contribution < 1.29 is 14.6 Å². The molecular formula is C12H19NO3. The lowest BCUT2D eigenvalue weighted by Crippen LogP contribution is -2.00. The number of carbonyl (C=O) groups is 1. The van der Waals surface area contributed by atoms with Gasteiger partial charge in [0.05, 0.1) is 12.7 Å². The summed E-state index contributed by atoms with van der Waals surface area (Å²) in [6.45, 7) is 2.79. The lowest BCUT2D eigenvalue weighted by atomic mass is 10.2. The zero-order valence-corrected chi connectivity index (χ0v) is 9.77. The summed E-state index contributed by atoms with van der Waals surface area (Å²) < 4.78 is 4.54. The molecule has 90 valence electrons. The van der Waals surface area contributed by atoms with E-state index in [1.165, 1.54) is 7.11 Å². The Kier molecular flexibility index (Phi) is 8.11. The van der Waals surface area contributed by atoms with Crippen LogP contribution in [-0.4, -0.2) is 31.3 Å². The maximum Gasteiger partial charge on any atom is 0.337 e. The number of rotatable bonds is 3. The Labute approximate surface area is 96.0 Å². The number of esters is 1. The lowest BCUT2D eigenvalue weighted by Gasteiger charge is -1.97. The molecule has 0 saturated heterocycles. The Morgan fingerprint density at radius 2 is 1.94 bits per heavy atom. The molecule has 0 aliphatic carbocycles. The zero-order chi connectivity index (χ0) is 12.4.